The Kier molecular flexibility index (Phi) is 8.67. The number of carbonyl (C=O) groups excluding carboxylic acids is 1. The van der Waals surface area contributed by atoms with Gasteiger partial charge in [-0.1, -0.05) is 55.0 Å². The number of carbonyl (C=O) groups is 1. The molecule has 7 nitrogen and oxygen atoms in total. The molecule has 1 saturated carbocycles. The van der Waals surface area contributed by atoms with Gasteiger partial charge in [0.15, 0.2) is 0 Å². The van der Waals surface area contributed by atoms with E-state index in [1.165, 1.54) is 19.3 Å². The van der Waals surface area contributed by atoms with Crippen molar-refractivity contribution < 1.29 is 31.1 Å². The van der Waals surface area contributed by atoms with Crippen LogP contribution < -0.4 is 20.1 Å². The summed E-state index contributed by atoms with van der Waals surface area (Å²) < 4.78 is 74.3. The average molecular weight is 588 g/mol. The first-order valence-electron chi connectivity index (χ1n) is 13.6. The van der Waals surface area contributed by atoms with Gasteiger partial charge in [0.25, 0.3) is 0 Å². The molecule has 1 unspecified atom stereocenters. The van der Waals surface area contributed by atoms with Gasteiger partial charge in [-0.3, -0.25) is 4.79 Å². The SMILES string of the molecule is O=C(CC(NS(=O)(=O)c1cccc(C(F)(F)F)c1)c1ccccc1)N[C@@H]1CCOc2cc(CNC3CCC3)ccc21. The van der Waals surface area contributed by atoms with Crippen LogP contribution in [-0.2, 0) is 27.5 Å². The normalized spacial score (nSPS) is 18.1. The van der Waals surface area contributed by atoms with E-state index < -0.39 is 38.6 Å². The van der Waals surface area contributed by atoms with E-state index in [2.05, 4.69) is 15.4 Å². The fraction of sp³-hybridized carbons (Fsp3) is 0.367. The maximum atomic E-state index is 13.3. The molecule has 0 radical (unpaired) electrons. The van der Waals surface area contributed by atoms with Crippen LogP contribution >= 0.6 is 0 Å². The lowest BCUT2D eigenvalue weighted by molar-refractivity contribution is -0.137. The highest BCUT2D eigenvalue weighted by Gasteiger charge is 2.33. The summed E-state index contributed by atoms with van der Waals surface area (Å²) in [5.41, 5.74) is 1.37. The van der Waals surface area contributed by atoms with Crippen LogP contribution in [0.25, 0.3) is 0 Å². The number of alkyl halides is 3. The minimum absolute atomic E-state index is 0.252. The van der Waals surface area contributed by atoms with Crippen molar-refractivity contribution in [1.29, 1.82) is 0 Å². The molecular weight excluding hydrogens is 555 g/mol. The number of hydrogen-bond donors (Lipinski definition) is 3. The van der Waals surface area contributed by atoms with Crippen LogP contribution in [0.5, 0.6) is 5.75 Å². The van der Waals surface area contributed by atoms with Crippen molar-refractivity contribution in [3.63, 3.8) is 0 Å². The Morgan fingerprint density at radius 3 is 2.46 bits per heavy atom. The topological polar surface area (TPSA) is 96.5 Å². The second-order valence-corrected chi connectivity index (χ2v) is 12.2. The zero-order valence-corrected chi connectivity index (χ0v) is 23.1. The second-order valence-electron chi connectivity index (χ2n) is 10.5. The van der Waals surface area contributed by atoms with E-state index in [-0.39, 0.29) is 12.5 Å². The molecule has 1 aliphatic carbocycles. The van der Waals surface area contributed by atoms with Crippen molar-refractivity contribution >= 4 is 15.9 Å². The lowest BCUT2D eigenvalue weighted by Gasteiger charge is -2.29. The van der Waals surface area contributed by atoms with Crippen LogP contribution in [0.15, 0.2) is 77.7 Å². The van der Waals surface area contributed by atoms with Crippen molar-refractivity contribution in [2.24, 2.45) is 0 Å². The fourth-order valence-corrected chi connectivity index (χ4v) is 6.28. The smallest absolute Gasteiger partial charge is 0.416 e. The fourth-order valence-electron chi connectivity index (χ4n) is 5.01. The summed E-state index contributed by atoms with van der Waals surface area (Å²) in [6, 6.07) is 17.2. The minimum Gasteiger partial charge on any atom is -0.493 e. The third-order valence-electron chi connectivity index (χ3n) is 7.51. The molecule has 1 aliphatic heterocycles. The Bertz CT molecular complexity index is 1480. The van der Waals surface area contributed by atoms with Gasteiger partial charge in [-0.05, 0) is 48.2 Å². The molecule has 3 aromatic carbocycles. The maximum absolute atomic E-state index is 13.3. The average Bonchev–Trinajstić information content (AvgIpc) is 2.92. The van der Waals surface area contributed by atoms with Crippen molar-refractivity contribution in [2.75, 3.05) is 6.61 Å². The number of amides is 1. The third kappa shape index (κ3) is 7.27. The van der Waals surface area contributed by atoms with Crippen molar-refractivity contribution in [2.45, 2.75) is 67.8 Å². The predicted octanol–water partition coefficient (Wildman–Crippen LogP) is 5.40. The van der Waals surface area contributed by atoms with Gasteiger partial charge in [0.2, 0.25) is 15.9 Å². The Hall–Kier alpha value is -3.41. The van der Waals surface area contributed by atoms with Crippen molar-refractivity contribution in [1.82, 2.24) is 15.4 Å². The van der Waals surface area contributed by atoms with Crippen LogP contribution in [-0.4, -0.2) is 27.0 Å². The zero-order valence-electron chi connectivity index (χ0n) is 22.3. The Labute approximate surface area is 237 Å². The summed E-state index contributed by atoms with van der Waals surface area (Å²) in [6.07, 6.45) is -0.768. The molecule has 0 spiro atoms. The Morgan fingerprint density at radius 2 is 1.76 bits per heavy atom. The standard InChI is InChI=1S/C30H32F3N3O4S/c31-30(32,33)22-8-4-11-24(17-22)41(38,39)36-27(21-6-2-1-3-7-21)18-29(37)35-26-14-15-40-28-16-20(12-13-25(26)28)19-34-23-9-5-10-23/h1-4,6-8,11-13,16-17,23,26-27,34,36H,5,9-10,14-15,18-19H2,(H,35,37)/t26-,27?/m1/s1. The monoisotopic (exact) mass is 587 g/mol. The first-order chi connectivity index (χ1) is 19.6. The quantitative estimate of drug-likeness (QED) is 0.295. The van der Waals surface area contributed by atoms with Crippen molar-refractivity contribution in [3.8, 4) is 5.75 Å². The molecule has 2 aliphatic rings. The molecule has 0 aromatic heterocycles. The first kappa shape index (κ1) is 29.1. The summed E-state index contributed by atoms with van der Waals surface area (Å²) in [4.78, 5) is 12.7. The zero-order chi connectivity index (χ0) is 29.0. The molecule has 2 atom stereocenters. The Morgan fingerprint density at radius 1 is 0.976 bits per heavy atom. The number of hydrogen-bond acceptors (Lipinski definition) is 5. The van der Waals surface area contributed by atoms with Crippen LogP contribution in [0.3, 0.4) is 0 Å². The predicted molar refractivity (Wildman–Crippen MR) is 147 cm³/mol. The number of halogens is 3. The highest BCUT2D eigenvalue weighted by atomic mass is 32.2. The van der Waals surface area contributed by atoms with E-state index in [1.54, 1.807) is 30.3 Å². The Balaban J connectivity index is 1.30. The van der Waals surface area contributed by atoms with Crippen LogP contribution in [0.1, 0.15) is 66.4 Å². The number of rotatable bonds is 10. The van der Waals surface area contributed by atoms with Gasteiger partial charge in [-0.25, -0.2) is 13.1 Å². The number of nitrogens with one attached hydrogen (secondary N) is 3. The van der Waals surface area contributed by atoms with Gasteiger partial charge in [-0.2, -0.15) is 13.2 Å². The van der Waals surface area contributed by atoms with E-state index in [0.29, 0.717) is 36.4 Å². The molecule has 1 heterocycles. The van der Waals surface area contributed by atoms with E-state index >= 15 is 0 Å². The number of sulfonamides is 1. The van der Waals surface area contributed by atoms with Crippen LogP contribution in [0.2, 0.25) is 0 Å². The van der Waals surface area contributed by atoms with Gasteiger partial charge >= 0.3 is 6.18 Å². The minimum atomic E-state index is -4.70. The molecule has 3 N–H and O–H groups in total. The largest absolute Gasteiger partial charge is 0.493 e. The number of ether oxygens (including phenoxy) is 1. The third-order valence-corrected chi connectivity index (χ3v) is 8.98. The van der Waals surface area contributed by atoms with E-state index in [1.807, 2.05) is 18.2 Å². The molecule has 3 aromatic rings. The molecular formula is C30H32F3N3O4S. The lowest BCUT2D eigenvalue weighted by Crippen LogP contribution is -2.37. The van der Waals surface area contributed by atoms with Gasteiger partial charge < -0.3 is 15.4 Å². The first-order valence-corrected chi connectivity index (χ1v) is 15.1. The molecule has 1 fully saturated rings. The number of fused-ring (bicyclic) bond motifs is 1. The number of benzene rings is 3. The van der Waals surface area contributed by atoms with Gasteiger partial charge in [0.1, 0.15) is 5.75 Å². The molecule has 11 heteroatoms. The summed E-state index contributed by atoms with van der Waals surface area (Å²) in [7, 11) is -4.39. The molecule has 1 amide bonds. The highest BCUT2D eigenvalue weighted by molar-refractivity contribution is 7.89. The summed E-state index contributed by atoms with van der Waals surface area (Å²) in [5, 5.41) is 6.53. The van der Waals surface area contributed by atoms with E-state index in [4.69, 9.17) is 4.74 Å². The summed E-state index contributed by atoms with van der Waals surface area (Å²) in [5.74, 6) is 0.304. The van der Waals surface area contributed by atoms with E-state index in [9.17, 15) is 26.4 Å². The lowest BCUT2D eigenvalue weighted by atomic mass is 9.93. The summed E-state index contributed by atoms with van der Waals surface area (Å²) in [6.45, 7) is 1.16. The van der Waals surface area contributed by atoms with Gasteiger partial charge in [-0.15, -0.1) is 0 Å². The van der Waals surface area contributed by atoms with Gasteiger partial charge in [0, 0.05) is 31.0 Å². The van der Waals surface area contributed by atoms with Crippen molar-refractivity contribution in [3.05, 3.63) is 95.1 Å². The van der Waals surface area contributed by atoms with Crippen LogP contribution in [0, 0.1) is 0 Å². The molecule has 218 valence electrons. The second kappa shape index (κ2) is 12.2. The van der Waals surface area contributed by atoms with Gasteiger partial charge in [0.05, 0.1) is 29.1 Å². The molecule has 0 saturated heterocycles. The van der Waals surface area contributed by atoms with E-state index in [0.717, 1.165) is 35.9 Å². The summed E-state index contributed by atoms with van der Waals surface area (Å²) >= 11 is 0. The molecule has 0 bridgehead atoms. The highest BCUT2D eigenvalue weighted by Crippen LogP contribution is 2.34. The molecule has 5 rings (SSSR count). The molecule has 41 heavy (non-hydrogen) atoms. The maximum Gasteiger partial charge on any atom is 0.416 e. The van der Waals surface area contributed by atoms with Crippen LogP contribution in [0.4, 0.5) is 13.2 Å².